The molecule has 4 heterocycles. The predicted molar refractivity (Wildman–Crippen MR) is 234 cm³/mol. The summed E-state index contributed by atoms with van der Waals surface area (Å²) in [6.07, 6.45) is 9.75. The van der Waals surface area contributed by atoms with Crippen molar-refractivity contribution >= 4 is 49.9 Å². The van der Waals surface area contributed by atoms with Crippen molar-refractivity contribution in [2.24, 2.45) is 17.3 Å². The van der Waals surface area contributed by atoms with Gasteiger partial charge < -0.3 is 14.4 Å². The molecule has 11 nitrogen and oxygen atoms in total. The van der Waals surface area contributed by atoms with Crippen LogP contribution in [0.25, 0.3) is 21.6 Å². The molecule has 0 radical (unpaired) electrons. The van der Waals surface area contributed by atoms with E-state index in [9.17, 15) is 18.0 Å². The number of nitrogens with one attached hydrogen (secondary N) is 1. The number of aryl methyl sites for hydroxylation is 2. The lowest BCUT2D eigenvalue weighted by atomic mass is 9.89. The van der Waals surface area contributed by atoms with Crippen molar-refractivity contribution in [3.05, 3.63) is 82.4 Å². The van der Waals surface area contributed by atoms with E-state index in [1.165, 1.54) is 11.3 Å². The van der Waals surface area contributed by atoms with Crippen LogP contribution in [0.15, 0.2) is 60.0 Å². The third-order valence-corrected chi connectivity index (χ3v) is 15.6. The lowest BCUT2D eigenvalue weighted by Gasteiger charge is -2.29. The van der Waals surface area contributed by atoms with Crippen molar-refractivity contribution in [1.29, 1.82) is 0 Å². The molecular weight excluding hydrogens is 797 g/mol. The summed E-state index contributed by atoms with van der Waals surface area (Å²) in [5.74, 6) is -0.0853. The maximum Gasteiger partial charge on any atom is 0.240 e. The minimum atomic E-state index is -3.83. The van der Waals surface area contributed by atoms with Crippen LogP contribution in [0.3, 0.4) is 0 Å². The number of benzene rings is 2. The Labute approximate surface area is 357 Å². The monoisotopic (exact) mass is 852 g/mol. The van der Waals surface area contributed by atoms with Crippen molar-refractivity contribution in [1.82, 2.24) is 19.6 Å². The topological polar surface area (TPSA) is 145 Å². The SMILES string of the molecule is COc1ccc2c(O[C@@H]3C[C@H]4C(=O)C[C@]5(C(=O)NS(=O)(=O)C6CC6)C[C@@H]5/C=C\CCCCC[C@H](Cc5cccc(C)c5)C(=O)N4C3)cc(-c3nc(C(C)C)cs3)nc2c1C. The third kappa shape index (κ3) is 8.75. The summed E-state index contributed by atoms with van der Waals surface area (Å²) in [5.41, 5.74) is 4.19. The zero-order chi connectivity index (χ0) is 42.3. The maximum absolute atomic E-state index is 15.0. The minimum Gasteiger partial charge on any atom is -0.496 e. The first-order valence-corrected chi connectivity index (χ1v) is 23.9. The molecule has 2 aliphatic heterocycles. The molecule has 1 N–H and O–H groups in total. The van der Waals surface area contributed by atoms with Gasteiger partial charge in [-0.2, -0.15) is 0 Å². The summed E-state index contributed by atoms with van der Waals surface area (Å²) in [4.78, 5) is 55.5. The molecule has 318 valence electrons. The van der Waals surface area contributed by atoms with E-state index in [1.807, 2.05) is 55.6 Å². The largest absolute Gasteiger partial charge is 0.496 e. The van der Waals surface area contributed by atoms with Gasteiger partial charge in [-0.3, -0.25) is 19.1 Å². The number of pyridine rings is 1. The van der Waals surface area contributed by atoms with E-state index in [0.717, 1.165) is 58.5 Å². The molecule has 3 fully saturated rings. The molecule has 1 saturated heterocycles. The number of carbonyl (C=O) groups is 3. The zero-order valence-electron chi connectivity index (χ0n) is 35.2. The first-order chi connectivity index (χ1) is 28.8. The Balaban J connectivity index is 1.15. The van der Waals surface area contributed by atoms with E-state index in [-0.39, 0.29) is 48.8 Å². The molecule has 2 amide bonds. The zero-order valence-corrected chi connectivity index (χ0v) is 36.9. The number of rotatable bonds is 10. The van der Waals surface area contributed by atoms with Gasteiger partial charge >= 0.3 is 0 Å². The van der Waals surface area contributed by atoms with Crippen LogP contribution in [0.1, 0.15) is 106 Å². The number of fused-ring (bicyclic) bond motifs is 3. The van der Waals surface area contributed by atoms with Crippen molar-refractivity contribution in [3.63, 3.8) is 0 Å². The molecule has 2 aromatic heterocycles. The highest BCUT2D eigenvalue weighted by Gasteiger charge is 2.61. The van der Waals surface area contributed by atoms with Gasteiger partial charge in [0, 0.05) is 41.2 Å². The molecule has 2 aliphatic carbocycles. The number of amides is 2. The maximum atomic E-state index is 15.0. The number of carbonyl (C=O) groups excluding carboxylic acids is 3. The lowest BCUT2D eigenvalue weighted by molar-refractivity contribution is -0.142. The highest BCUT2D eigenvalue weighted by Crippen LogP contribution is 2.57. The first kappa shape index (κ1) is 42.1. The van der Waals surface area contributed by atoms with Gasteiger partial charge in [-0.05, 0) is 88.3 Å². The number of thiazole rings is 1. The molecular formula is C47H56N4O7S2. The van der Waals surface area contributed by atoms with Crippen LogP contribution in [-0.4, -0.2) is 71.9 Å². The molecule has 2 aromatic carbocycles. The second-order valence-electron chi connectivity index (χ2n) is 17.8. The van der Waals surface area contributed by atoms with Gasteiger partial charge in [-0.1, -0.05) is 68.7 Å². The lowest BCUT2D eigenvalue weighted by Crippen LogP contribution is -2.46. The molecule has 4 aromatic rings. The van der Waals surface area contributed by atoms with Crippen LogP contribution < -0.4 is 14.2 Å². The van der Waals surface area contributed by atoms with Crippen LogP contribution in [-0.2, 0) is 30.8 Å². The Kier molecular flexibility index (Phi) is 11.9. The fourth-order valence-electron chi connectivity index (χ4n) is 9.10. The Hall–Kier alpha value is -4.62. The van der Waals surface area contributed by atoms with Crippen LogP contribution in [0, 0.1) is 31.1 Å². The quantitative estimate of drug-likeness (QED) is 0.156. The number of Topliss-reactive ketones (excluding diaryl/α,β-unsaturated/α-hetero) is 1. The van der Waals surface area contributed by atoms with Crippen molar-refractivity contribution < 1.29 is 32.3 Å². The molecule has 60 heavy (non-hydrogen) atoms. The van der Waals surface area contributed by atoms with E-state index in [2.05, 4.69) is 36.8 Å². The van der Waals surface area contributed by atoms with Crippen LogP contribution >= 0.6 is 11.3 Å². The van der Waals surface area contributed by atoms with Gasteiger partial charge in [-0.25, -0.2) is 18.4 Å². The Morgan fingerprint density at radius 1 is 1.03 bits per heavy atom. The van der Waals surface area contributed by atoms with Gasteiger partial charge in [-0.15, -0.1) is 11.3 Å². The Morgan fingerprint density at radius 2 is 1.85 bits per heavy atom. The second-order valence-corrected chi connectivity index (χ2v) is 20.6. The van der Waals surface area contributed by atoms with Crippen LogP contribution in [0.2, 0.25) is 0 Å². The Morgan fingerprint density at radius 3 is 2.58 bits per heavy atom. The van der Waals surface area contributed by atoms with E-state index < -0.39 is 38.7 Å². The van der Waals surface area contributed by atoms with Crippen molar-refractivity contribution in [3.8, 4) is 22.2 Å². The molecule has 13 heteroatoms. The predicted octanol–water partition coefficient (Wildman–Crippen LogP) is 8.41. The summed E-state index contributed by atoms with van der Waals surface area (Å²) in [7, 11) is -2.20. The number of ketones is 1. The van der Waals surface area contributed by atoms with E-state index in [0.29, 0.717) is 54.8 Å². The number of aromatic nitrogens is 2. The molecule has 8 rings (SSSR count). The summed E-state index contributed by atoms with van der Waals surface area (Å²) >= 11 is 1.52. The van der Waals surface area contributed by atoms with E-state index in [4.69, 9.17) is 19.4 Å². The van der Waals surface area contributed by atoms with Crippen molar-refractivity contribution in [2.75, 3.05) is 13.7 Å². The minimum absolute atomic E-state index is 0.0963. The van der Waals surface area contributed by atoms with Gasteiger partial charge in [0.2, 0.25) is 21.8 Å². The van der Waals surface area contributed by atoms with Gasteiger partial charge in [0.05, 0.1) is 41.6 Å². The fourth-order valence-corrected chi connectivity index (χ4v) is 11.4. The highest BCUT2D eigenvalue weighted by molar-refractivity contribution is 7.90. The highest BCUT2D eigenvalue weighted by atomic mass is 32.2. The molecule has 4 aliphatic rings. The number of allylic oxidation sites excluding steroid dienone is 2. The van der Waals surface area contributed by atoms with Gasteiger partial charge in [0.1, 0.15) is 28.3 Å². The van der Waals surface area contributed by atoms with Crippen LogP contribution in [0.5, 0.6) is 11.5 Å². The number of hydrogen-bond acceptors (Lipinski definition) is 10. The van der Waals surface area contributed by atoms with Gasteiger partial charge in [0.25, 0.3) is 0 Å². The third-order valence-electron chi connectivity index (χ3n) is 12.9. The van der Waals surface area contributed by atoms with Crippen molar-refractivity contribution in [2.45, 2.75) is 122 Å². The average Bonchev–Trinajstić information content (AvgIpc) is 4.09. The molecule has 0 unspecified atom stereocenters. The normalized spacial score (nSPS) is 25.6. The Bertz CT molecular complexity index is 2440. The number of sulfonamides is 1. The summed E-state index contributed by atoms with van der Waals surface area (Å²) in [6, 6.07) is 13.1. The number of ether oxygens (including phenoxy) is 2. The number of nitrogens with zero attached hydrogens (tertiary/aromatic N) is 3. The van der Waals surface area contributed by atoms with Crippen LogP contribution in [0.4, 0.5) is 0 Å². The second kappa shape index (κ2) is 17.0. The molecule has 2 saturated carbocycles. The molecule has 0 bridgehead atoms. The molecule has 0 spiro atoms. The fraction of sp³-hybridized carbons (Fsp3) is 0.511. The van der Waals surface area contributed by atoms with E-state index in [1.54, 1.807) is 12.0 Å². The first-order valence-electron chi connectivity index (χ1n) is 21.5. The van der Waals surface area contributed by atoms with E-state index >= 15 is 4.79 Å². The smallest absolute Gasteiger partial charge is 0.240 e. The summed E-state index contributed by atoms with van der Waals surface area (Å²) in [6.45, 7) is 8.39. The standard InChI is InChI=1S/C47H56N4O7S2/c1-28(2)38-27-59-44(49-38)37-23-42(36-18-19-41(57-5)30(4)43(36)48-37)58-34-22-39-40(52)25-47(46(54)50-60(55,56)35-16-17-35)24-33(47)15-10-8-6-7-9-14-32(45(53)51(39)26-34)21-31-13-11-12-29(3)20-31/h10-13,15,18-20,23,27-28,32-35,39H,6-9,14,16-17,21-22,24-26H2,1-5H3,(H,50,54)/b15-10-/t32-,33+,34-,39+,47-/m1/s1. The summed E-state index contributed by atoms with van der Waals surface area (Å²) < 4.78 is 41.0. The number of hydrogen-bond donors (Lipinski definition) is 1. The average molecular weight is 853 g/mol. The van der Waals surface area contributed by atoms with Gasteiger partial charge in [0.15, 0.2) is 5.78 Å². The summed E-state index contributed by atoms with van der Waals surface area (Å²) in [5, 5.41) is 3.01. The molecule has 5 atom stereocenters. The number of methoxy groups -OCH3 is 1.